The summed E-state index contributed by atoms with van der Waals surface area (Å²) in [5.41, 5.74) is 6.28. The van der Waals surface area contributed by atoms with Crippen LogP contribution in [0.2, 0.25) is 0 Å². The van der Waals surface area contributed by atoms with Crippen molar-refractivity contribution in [3.63, 3.8) is 0 Å². The van der Waals surface area contributed by atoms with Gasteiger partial charge in [0.25, 0.3) is 5.56 Å². The Kier molecular flexibility index (Phi) is 7.96. The minimum absolute atomic E-state index is 0.0345. The summed E-state index contributed by atoms with van der Waals surface area (Å²) in [4.78, 5) is 14.0. The van der Waals surface area contributed by atoms with Gasteiger partial charge in [-0.15, -0.1) is 0 Å². The summed E-state index contributed by atoms with van der Waals surface area (Å²) < 4.78 is 11.9. The van der Waals surface area contributed by atoms with Crippen molar-refractivity contribution in [2.24, 2.45) is 5.73 Å². The summed E-state index contributed by atoms with van der Waals surface area (Å²) in [6, 6.07) is 1.58. The molecule has 1 aromatic rings. The number of anilines is 1. The summed E-state index contributed by atoms with van der Waals surface area (Å²) in [6.07, 6.45) is 2.33. The Bertz CT molecular complexity index is 464. The van der Waals surface area contributed by atoms with Gasteiger partial charge in [0.15, 0.2) is 0 Å². The third-order valence-electron chi connectivity index (χ3n) is 3.25. The highest BCUT2D eigenvalue weighted by atomic mass is 16.5. The van der Waals surface area contributed by atoms with Gasteiger partial charge in [-0.05, 0) is 13.3 Å². The lowest BCUT2D eigenvalue weighted by Gasteiger charge is -2.19. The van der Waals surface area contributed by atoms with Gasteiger partial charge < -0.3 is 20.1 Å². The van der Waals surface area contributed by atoms with Crippen molar-refractivity contribution in [3.05, 3.63) is 22.6 Å². The highest BCUT2D eigenvalue weighted by Gasteiger charge is 2.09. The SMILES string of the molecule is CCOC(CN)CCn1ncc(N(C)CCOC)cc1=O. The van der Waals surface area contributed by atoms with Crippen molar-refractivity contribution in [1.29, 1.82) is 0 Å². The van der Waals surface area contributed by atoms with E-state index in [-0.39, 0.29) is 11.7 Å². The number of ether oxygens (including phenoxy) is 2. The average molecular weight is 298 g/mol. The molecule has 0 radical (unpaired) electrons. The minimum Gasteiger partial charge on any atom is -0.383 e. The number of likely N-dealkylation sites (N-methyl/N-ethyl adjacent to an activating group) is 1. The Labute approximate surface area is 125 Å². The van der Waals surface area contributed by atoms with Crippen LogP contribution in [0.3, 0.4) is 0 Å². The van der Waals surface area contributed by atoms with Crippen LogP contribution in [0, 0.1) is 0 Å². The molecule has 1 atom stereocenters. The van der Waals surface area contributed by atoms with Gasteiger partial charge in [0.1, 0.15) is 0 Å². The molecule has 0 aliphatic rings. The zero-order valence-electron chi connectivity index (χ0n) is 13.1. The maximum atomic E-state index is 12.0. The monoisotopic (exact) mass is 298 g/mol. The Morgan fingerprint density at radius 1 is 1.52 bits per heavy atom. The molecule has 0 fully saturated rings. The largest absolute Gasteiger partial charge is 0.383 e. The lowest BCUT2D eigenvalue weighted by Crippen LogP contribution is -2.30. The molecule has 1 unspecified atom stereocenters. The van der Waals surface area contributed by atoms with Crippen molar-refractivity contribution >= 4 is 5.69 Å². The van der Waals surface area contributed by atoms with Crippen LogP contribution in [0.25, 0.3) is 0 Å². The Balaban J connectivity index is 2.63. The van der Waals surface area contributed by atoms with Crippen LogP contribution in [0.4, 0.5) is 5.69 Å². The van der Waals surface area contributed by atoms with E-state index in [0.717, 1.165) is 5.69 Å². The first-order chi connectivity index (χ1) is 10.1. The maximum absolute atomic E-state index is 12.0. The molecule has 7 nitrogen and oxygen atoms in total. The van der Waals surface area contributed by atoms with Gasteiger partial charge in [0, 0.05) is 46.5 Å². The molecule has 0 aromatic carbocycles. The molecule has 0 saturated heterocycles. The third kappa shape index (κ3) is 5.82. The first kappa shape index (κ1) is 17.6. The van der Waals surface area contributed by atoms with Gasteiger partial charge in [-0.25, -0.2) is 4.68 Å². The topological polar surface area (TPSA) is 82.6 Å². The zero-order valence-corrected chi connectivity index (χ0v) is 13.1. The van der Waals surface area contributed by atoms with E-state index in [2.05, 4.69) is 5.10 Å². The molecule has 0 aliphatic carbocycles. The number of nitrogens with zero attached hydrogens (tertiary/aromatic N) is 3. The summed E-state index contributed by atoms with van der Waals surface area (Å²) >= 11 is 0. The smallest absolute Gasteiger partial charge is 0.268 e. The molecule has 1 aromatic heterocycles. The highest BCUT2D eigenvalue weighted by molar-refractivity contribution is 5.41. The summed E-state index contributed by atoms with van der Waals surface area (Å²) in [6.45, 7) is 4.81. The Morgan fingerprint density at radius 2 is 2.29 bits per heavy atom. The van der Waals surface area contributed by atoms with Crippen molar-refractivity contribution < 1.29 is 9.47 Å². The molecule has 2 N–H and O–H groups in total. The number of aryl methyl sites for hydroxylation is 1. The van der Waals surface area contributed by atoms with Crippen LogP contribution in [-0.2, 0) is 16.0 Å². The van der Waals surface area contributed by atoms with Gasteiger partial charge in [-0.3, -0.25) is 4.79 Å². The second-order valence-electron chi connectivity index (χ2n) is 4.79. The average Bonchev–Trinajstić information content (AvgIpc) is 2.49. The second kappa shape index (κ2) is 9.49. The molecule has 0 amide bonds. The van der Waals surface area contributed by atoms with E-state index in [1.54, 1.807) is 19.4 Å². The second-order valence-corrected chi connectivity index (χ2v) is 4.79. The fraction of sp³-hybridized carbons (Fsp3) is 0.714. The van der Waals surface area contributed by atoms with Crippen molar-refractivity contribution in [2.75, 3.05) is 45.4 Å². The van der Waals surface area contributed by atoms with E-state index in [4.69, 9.17) is 15.2 Å². The summed E-state index contributed by atoms with van der Waals surface area (Å²) in [5.74, 6) is 0. The zero-order chi connectivity index (χ0) is 15.7. The van der Waals surface area contributed by atoms with Gasteiger partial charge in [0.05, 0.1) is 24.6 Å². The molecule has 1 heterocycles. The molecule has 0 spiro atoms. The molecular formula is C14H26N4O3. The van der Waals surface area contributed by atoms with Gasteiger partial charge >= 0.3 is 0 Å². The first-order valence-electron chi connectivity index (χ1n) is 7.21. The Morgan fingerprint density at radius 3 is 2.86 bits per heavy atom. The number of aromatic nitrogens is 2. The van der Waals surface area contributed by atoms with Crippen LogP contribution < -0.4 is 16.2 Å². The van der Waals surface area contributed by atoms with Crippen molar-refractivity contribution in [3.8, 4) is 0 Å². The molecule has 7 heteroatoms. The molecule has 120 valence electrons. The van der Waals surface area contributed by atoms with E-state index in [0.29, 0.717) is 39.3 Å². The molecule has 21 heavy (non-hydrogen) atoms. The van der Waals surface area contributed by atoms with E-state index in [1.165, 1.54) is 4.68 Å². The van der Waals surface area contributed by atoms with Gasteiger partial charge in [0.2, 0.25) is 0 Å². The maximum Gasteiger partial charge on any atom is 0.268 e. The normalized spacial score (nSPS) is 12.4. The molecule has 0 aliphatic heterocycles. The van der Waals surface area contributed by atoms with Crippen LogP contribution in [0.5, 0.6) is 0 Å². The van der Waals surface area contributed by atoms with E-state index in [9.17, 15) is 4.79 Å². The van der Waals surface area contributed by atoms with Crippen LogP contribution >= 0.6 is 0 Å². The van der Waals surface area contributed by atoms with Crippen LogP contribution in [-0.4, -0.2) is 56.3 Å². The van der Waals surface area contributed by atoms with E-state index < -0.39 is 0 Å². The Hall–Kier alpha value is -1.44. The first-order valence-corrected chi connectivity index (χ1v) is 7.21. The van der Waals surface area contributed by atoms with Gasteiger partial charge in [-0.1, -0.05) is 0 Å². The predicted molar refractivity (Wildman–Crippen MR) is 82.7 cm³/mol. The van der Waals surface area contributed by atoms with Crippen LogP contribution in [0.15, 0.2) is 17.1 Å². The van der Waals surface area contributed by atoms with Gasteiger partial charge in [-0.2, -0.15) is 5.10 Å². The molecule has 1 rings (SSSR count). The lowest BCUT2D eigenvalue weighted by atomic mass is 10.2. The fourth-order valence-corrected chi connectivity index (χ4v) is 1.93. The van der Waals surface area contributed by atoms with Crippen molar-refractivity contribution in [1.82, 2.24) is 9.78 Å². The third-order valence-corrected chi connectivity index (χ3v) is 3.25. The standard InChI is InChI=1S/C14H26N4O3/c1-4-21-13(10-15)5-6-18-14(19)9-12(11-16-18)17(2)7-8-20-3/h9,11,13H,4-8,10,15H2,1-3H3. The van der Waals surface area contributed by atoms with E-state index in [1.807, 2.05) is 18.9 Å². The summed E-state index contributed by atoms with van der Waals surface area (Å²) in [5, 5.41) is 4.20. The minimum atomic E-state index is -0.121. The number of methoxy groups -OCH3 is 1. The number of nitrogens with two attached hydrogens (primary N) is 1. The fourth-order valence-electron chi connectivity index (χ4n) is 1.93. The molecule has 0 saturated carbocycles. The van der Waals surface area contributed by atoms with Crippen molar-refractivity contribution in [2.45, 2.75) is 26.0 Å². The number of hydrogen-bond acceptors (Lipinski definition) is 6. The molecule has 0 bridgehead atoms. The number of hydrogen-bond donors (Lipinski definition) is 1. The molecular weight excluding hydrogens is 272 g/mol. The summed E-state index contributed by atoms with van der Waals surface area (Å²) in [7, 11) is 3.55. The highest BCUT2D eigenvalue weighted by Crippen LogP contribution is 2.06. The lowest BCUT2D eigenvalue weighted by molar-refractivity contribution is 0.0589. The van der Waals surface area contributed by atoms with Crippen LogP contribution in [0.1, 0.15) is 13.3 Å². The van der Waals surface area contributed by atoms with E-state index >= 15 is 0 Å². The number of rotatable bonds is 10. The predicted octanol–water partition coefficient (Wildman–Crippen LogP) is 0.0798. The quantitative estimate of drug-likeness (QED) is 0.659.